The van der Waals surface area contributed by atoms with Crippen molar-refractivity contribution in [2.75, 3.05) is 0 Å². The highest BCUT2D eigenvalue weighted by Crippen LogP contribution is 2.30. The van der Waals surface area contributed by atoms with Gasteiger partial charge in [-0.2, -0.15) is 0 Å². The summed E-state index contributed by atoms with van der Waals surface area (Å²) in [4.78, 5) is 25.3. The smallest absolute Gasteiger partial charge is 0.295 e. The first-order chi connectivity index (χ1) is 11.6. The molecule has 120 valence electrons. The van der Waals surface area contributed by atoms with E-state index in [0.29, 0.717) is 11.0 Å². The molecule has 4 rings (SSSR count). The second-order valence-corrected chi connectivity index (χ2v) is 5.91. The molecule has 1 aliphatic carbocycles. The Bertz CT molecular complexity index is 1130. The van der Waals surface area contributed by atoms with E-state index in [1.165, 1.54) is 11.6 Å². The van der Waals surface area contributed by atoms with Gasteiger partial charge in [0.1, 0.15) is 5.65 Å². The molecular weight excluding hydrogens is 302 g/mol. The Kier molecular flexibility index (Phi) is 3.16. The Labute approximate surface area is 138 Å². The molecule has 1 aliphatic rings. The van der Waals surface area contributed by atoms with Crippen LogP contribution in [0.4, 0.5) is 0 Å². The van der Waals surface area contributed by atoms with Crippen LogP contribution in [0, 0.1) is 0 Å². The molecule has 0 atom stereocenters. The zero-order chi connectivity index (χ0) is 16.8. The molecule has 2 aromatic heterocycles. The number of hydrogen-bond donors (Lipinski definition) is 0. The summed E-state index contributed by atoms with van der Waals surface area (Å²) in [6.45, 7) is 0. The molecule has 1 aromatic carbocycles. The quantitative estimate of drug-likeness (QED) is 0.692. The van der Waals surface area contributed by atoms with E-state index in [-0.39, 0.29) is 11.2 Å². The topological polar surface area (TPSA) is 48.9 Å². The first kappa shape index (κ1) is 14.5. The summed E-state index contributed by atoms with van der Waals surface area (Å²) in [5.41, 5.74) is 2.73. The van der Waals surface area contributed by atoms with Crippen LogP contribution in [0.3, 0.4) is 0 Å². The van der Waals surface area contributed by atoms with E-state index < -0.39 is 0 Å². The van der Waals surface area contributed by atoms with Crippen LogP contribution in [0.1, 0.15) is 17.7 Å². The summed E-state index contributed by atoms with van der Waals surface area (Å²) >= 11 is 0. The summed E-state index contributed by atoms with van der Waals surface area (Å²) < 4.78 is 4.69. The van der Waals surface area contributed by atoms with Crippen molar-refractivity contribution in [3.63, 3.8) is 0 Å². The van der Waals surface area contributed by atoms with E-state index in [0.717, 1.165) is 23.4 Å². The highest BCUT2D eigenvalue weighted by Gasteiger charge is 2.22. The van der Waals surface area contributed by atoms with Crippen LogP contribution in [-0.2, 0) is 14.1 Å². The lowest BCUT2D eigenvalue weighted by atomic mass is 10.1. The SMILES string of the molecule is Cn1c(=O)c2c3c(n(-c4ccccc4)c2n(C)c1=O)C=CCC=C3. The molecule has 3 aromatic rings. The Balaban J connectivity index is 2.32. The van der Waals surface area contributed by atoms with Gasteiger partial charge in [-0.25, -0.2) is 4.79 Å². The van der Waals surface area contributed by atoms with Crippen molar-refractivity contribution >= 4 is 23.2 Å². The fourth-order valence-electron chi connectivity index (χ4n) is 3.31. The van der Waals surface area contributed by atoms with Gasteiger partial charge < -0.3 is 0 Å². The van der Waals surface area contributed by atoms with Crippen LogP contribution < -0.4 is 11.2 Å². The fourth-order valence-corrected chi connectivity index (χ4v) is 3.31. The van der Waals surface area contributed by atoms with Gasteiger partial charge in [-0.3, -0.25) is 18.5 Å². The molecule has 2 heterocycles. The molecule has 0 bridgehead atoms. The molecule has 0 fully saturated rings. The van der Waals surface area contributed by atoms with Crippen molar-refractivity contribution in [1.82, 2.24) is 13.7 Å². The van der Waals surface area contributed by atoms with Gasteiger partial charge in [0.2, 0.25) is 0 Å². The van der Waals surface area contributed by atoms with Crippen molar-refractivity contribution < 1.29 is 0 Å². The van der Waals surface area contributed by atoms with Gasteiger partial charge in [0.25, 0.3) is 5.56 Å². The maximum atomic E-state index is 12.8. The highest BCUT2D eigenvalue weighted by molar-refractivity contribution is 5.93. The summed E-state index contributed by atoms with van der Waals surface area (Å²) in [6.07, 6.45) is 8.90. The number of nitrogens with zero attached hydrogens (tertiary/aromatic N) is 3. The maximum absolute atomic E-state index is 12.8. The third-order valence-corrected chi connectivity index (χ3v) is 4.48. The maximum Gasteiger partial charge on any atom is 0.332 e. The molecule has 24 heavy (non-hydrogen) atoms. The predicted octanol–water partition coefficient (Wildman–Crippen LogP) is 2.46. The molecule has 5 heteroatoms. The van der Waals surface area contributed by atoms with E-state index >= 15 is 0 Å². The lowest BCUT2D eigenvalue weighted by Gasteiger charge is -2.11. The zero-order valence-electron chi connectivity index (χ0n) is 13.6. The molecule has 0 saturated heterocycles. The van der Waals surface area contributed by atoms with E-state index in [1.54, 1.807) is 11.6 Å². The lowest BCUT2D eigenvalue weighted by molar-refractivity contribution is 0.704. The normalized spacial score (nSPS) is 13.2. The van der Waals surface area contributed by atoms with Crippen LogP contribution in [0.5, 0.6) is 0 Å². The largest absolute Gasteiger partial charge is 0.332 e. The minimum atomic E-state index is -0.328. The zero-order valence-corrected chi connectivity index (χ0v) is 13.6. The van der Waals surface area contributed by atoms with Crippen LogP contribution in [-0.4, -0.2) is 13.7 Å². The van der Waals surface area contributed by atoms with Gasteiger partial charge in [-0.1, -0.05) is 36.4 Å². The molecule has 0 amide bonds. The third-order valence-electron chi connectivity index (χ3n) is 4.48. The number of aromatic nitrogens is 3. The number of hydrogen-bond acceptors (Lipinski definition) is 2. The molecule has 0 unspecified atom stereocenters. The molecule has 5 nitrogen and oxygen atoms in total. The van der Waals surface area contributed by atoms with Crippen molar-refractivity contribution in [2.24, 2.45) is 14.1 Å². The molecule has 0 radical (unpaired) electrons. The summed E-state index contributed by atoms with van der Waals surface area (Å²) in [5, 5.41) is 0.571. The van der Waals surface area contributed by atoms with Crippen molar-refractivity contribution in [3.8, 4) is 5.69 Å². The average molecular weight is 319 g/mol. The molecule has 0 spiro atoms. The van der Waals surface area contributed by atoms with E-state index in [4.69, 9.17) is 0 Å². The number of fused-ring (bicyclic) bond motifs is 3. The average Bonchev–Trinajstić information content (AvgIpc) is 2.75. The first-order valence-electron chi connectivity index (χ1n) is 7.84. The fraction of sp³-hybridized carbons (Fsp3) is 0.158. The number of rotatable bonds is 1. The van der Waals surface area contributed by atoms with Crippen molar-refractivity contribution in [2.45, 2.75) is 6.42 Å². The minimum absolute atomic E-state index is 0.265. The van der Waals surface area contributed by atoms with Gasteiger partial charge >= 0.3 is 5.69 Å². The van der Waals surface area contributed by atoms with Gasteiger partial charge in [0, 0.05) is 25.3 Å². The van der Waals surface area contributed by atoms with E-state index in [9.17, 15) is 9.59 Å². The number of para-hydroxylation sites is 1. The Morgan fingerprint density at radius 3 is 2.38 bits per heavy atom. The van der Waals surface area contributed by atoms with Crippen molar-refractivity contribution in [3.05, 3.63) is 74.6 Å². The standard InChI is InChI=1S/C19H17N3O2/c1-20-17-16(18(23)21(2)19(20)24)14-11-7-4-8-12-15(14)22(17)13-9-5-3-6-10-13/h3,5-12H,4H2,1-2H3. The lowest BCUT2D eigenvalue weighted by Crippen LogP contribution is -2.37. The summed E-state index contributed by atoms with van der Waals surface area (Å²) in [6, 6.07) is 9.79. The summed E-state index contributed by atoms with van der Waals surface area (Å²) in [7, 11) is 3.23. The third kappa shape index (κ3) is 1.88. The Hall–Kier alpha value is -3.08. The number of allylic oxidation sites excluding steroid dienone is 2. The molecule has 0 aliphatic heterocycles. The first-order valence-corrected chi connectivity index (χ1v) is 7.84. The predicted molar refractivity (Wildman–Crippen MR) is 96.4 cm³/mol. The molecule has 0 N–H and O–H groups in total. The molecular formula is C19H17N3O2. The van der Waals surface area contributed by atoms with Gasteiger partial charge in [-0.05, 0) is 24.6 Å². The summed E-state index contributed by atoms with van der Waals surface area (Å²) in [5.74, 6) is 0. The van der Waals surface area contributed by atoms with Crippen LogP contribution in [0.25, 0.3) is 28.9 Å². The van der Waals surface area contributed by atoms with E-state index in [1.807, 2.05) is 53.1 Å². The van der Waals surface area contributed by atoms with Crippen molar-refractivity contribution in [1.29, 1.82) is 0 Å². The number of benzene rings is 1. The second-order valence-electron chi connectivity index (χ2n) is 5.91. The minimum Gasteiger partial charge on any atom is -0.295 e. The van der Waals surface area contributed by atoms with Gasteiger partial charge in [0.15, 0.2) is 0 Å². The van der Waals surface area contributed by atoms with Gasteiger partial charge in [-0.15, -0.1) is 0 Å². The van der Waals surface area contributed by atoms with Crippen LogP contribution in [0.15, 0.2) is 52.1 Å². The Morgan fingerprint density at radius 1 is 0.917 bits per heavy atom. The van der Waals surface area contributed by atoms with Crippen LogP contribution >= 0.6 is 0 Å². The second kappa shape index (κ2) is 5.23. The monoisotopic (exact) mass is 319 g/mol. The Morgan fingerprint density at radius 2 is 1.62 bits per heavy atom. The highest BCUT2D eigenvalue weighted by atomic mass is 16.2. The number of aryl methyl sites for hydroxylation is 1. The van der Waals surface area contributed by atoms with E-state index in [2.05, 4.69) is 6.08 Å². The van der Waals surface area contributed by atoms with Gasteiger partial charge in [0.05, 0.1) is 11.1 Å². The molecule has 0 saturated carbocycles. The van der Waals surface area contributed by atoms with Crippen LogP contribution in [0.2, 0.25) is 0 Å².